The number of nitrogens with one attached hydrogen (secondary N) is 1. The van der Waals surface area contributed by atoms with E-state index in [-0.39, 0.29) is 17.0 Å². The standard InChI is InChI=1S/C21H23N3O2/c25-19-7-6-18(23-24(19)17-4-2-1-3-5-17)20(26)22-21-11-14-8-15(12-21)10-16(9-14)13-21/h1-7,14-16H,8-13H2,(H,22,26). The number of para-hydroxylation sites is 1. The summed E-state index contributed by atoms with van der Waals surface area (Å²) >= 11 is 0. The Morgan fingerprint density at radius 1 is 0.962 bits per heavy atom. The lowest BCUT2D eigenvalue weighted by molar-refractivity contribution is -0.0168. The van der Waals surface area contributed by atoms with Crippen molar-refractivity contribution in [2.24, 2.45) is 17.8 Å². The van der Waals surface area contributed by atoms with E-state index < -0.39 is 0 Å². The second-order valence-corrected chi connectivity index (χ2v) is 8.46. The molecule has 0 atom stereocenters. The smallest absolute Gasteiger partial charge is 0.272 e. The molecule has 1 aromatic heterocycles. The van der Waals surface area contributed by atoms with Crippen molar-refractivity contribution in [1.29, 1.82) is 0 Å². The molecule has 1 N–H and O–H groups in total. The molecule has 4 bridgehead atoms. The van der Waals surface area contributed by atoms with E-state index >= 15 is 0 Å². The van der Waals surface area contributed by atoms with E-state index in [1.54, 1.807) is 0 Å². The molecule has 5 heteroatoms. The van der Waals surface area contributed by atoms with Gasteiger partial charge in [-0.25, -0.2) is 0 Å². The van der Waals surface area contributed by atoms with Crippen LogP contribution in [0.25, 0.3) is 5.69 Å². The summed E-state index contributed by atoms with van der Waals surface area (Å²) in [6.45, 7) is 0. The van der Waals surface area contributed by atoms with Gasteiger partial charge in [-0.15, -0.1) is 0 Å². The Morgan fingerprint density at radius 2 is 1.58 bits per heavy atom. The van der Waals surface area contributed by atoms with Gasteiger partial charge in [0.1, 0.15) is 5.69 Å². The molecule has 134 valence electrons. The molecule has 1 amide bonds. The number of carbonyl (C=O) groups is 1. The van der Waals surface area contributed by atoms with Crippen LogP contribution in [0.15, 0.2) is 47.3 Å². The van der Waals surface area contributed by atoms with Gasteiger partial charge in [-0.05, 0) is 74.5 Å². The summed E-state index contributed by atoms with van der Waals surface area (Å²) in [5.41, 5.74) is 0.690. The first-order valence-corrected chi connectivity index (χ1v) is 9.59. The van der Waals surface area contributed by atoms with Gasteiger partial charge < -0.3 is 5.32 Å². The Labute approximate surface area is 152 Å². The molecule has 0 radical (unpaired) electrons. The molecule has 6 rings (SSSR count). The van der Waals surface area contributed by atoms with E-state index in [4.69, 9.17) is 0 Å². The zero-order valence-electron chi connectivity index (χ0n) is 14.7. The highest BCUT2D eigenvalue weighted by Gasteiger charge is 2.51. The number of hydrogen-bond acceptors (Lipinski definition) is 3. The highest BCUT2D eigenvalue weighted by molar-refractivity contribution is 5.92. The molecule has 0 spiro atoms. The minimum absolute atomic E-state index is 0.0543. The zero-order valence-corrected chi connectivity index (χ0v) is 14.7. The maximum atomic E-state index is 12.9. The predicted molar refractivity (Wildman–Crippen MR) is 98.2 cm³/mol. The minimum Gasteiger partial charge on any atom is -0.345 e. The number of carbonyl (C=O) groups excluding carboxylic acids is 1. The van der Waals surface area contributed by atoms with Crippen LogP contribution in [0.2, 0.25) is 0 Å². The molecule has 26 heavy (non-hydrogen) atoms. The van der Waals surface area contributed by atoms with Crippen molar-refractivity contribution >= 4 is 5.91 Å². The number of benzene rings is 1. The van der Waals surface area contributed by atoms with Gasteiger partial charge in [-0.1, -0.05) is 18.2 Å². The summed E-state index contributed by atoms with van der Waals surface area (Å²) in [5.74, 6) is 2.16. The van der Waals surface area contributed by atoms with E-state index in [0.29, 0.717) is 11.4 Å². The van der Waals surface area contributed by atoms with Crippen LogP contribution in [-0.2, 0) is 0 Å². The highest BCUT2D eigenvalue weighted by atomic mass is 16.2. The van der Waals surface area contributed by atoms with Gasteiger partial charge in [-0.3, -0.25) is 9.59 Å². The molecule has 5 nitrogen and oxygen atoms in total. The molecule has 2 aromatic rings. The van der Waals surface area contributed by atoms with Crippen LogP contribution in [0.5, 0.6) is 0 Å². The number of aromatic nitrogens is 2. The van der Waals surface area contributed by atoms with Crippen molar-refractivity contribution < 1.29 is 4.79 Å². The van der Waals surface area contributed by atoms with E-state index in [1.807, 2.05) is 30.3 Å². The van der Waals surface area contributed by atoms with E-state index in [1.165, 1.54) is 36.1 Å². The third kappa shape index (κ3) is 2.66. The molecule has 1 aromatic carbocycles. The van der Waals surface area contributed by atoms with Crippen molar-refractivity contribution in [2.75, 3.05) is 0 Å². The zero-order chi connectivity index (χ0) is 17.7. The maximum absolute atomic E-state index is 12.9. The largest absolute Gasteiger partial charge is 0.345 e. The Hall–Kier alpha value is -2.43. The Bertz CT molecular complexity index is 868. The molecule has 0 unspecified atom stereocenters. The van der Waals surface area contributed by atoms with Crippen LogP contribution in [-0.4, -0.2) is 21.2 Å². The van der Waals surface area contributed by atoms with Crippen LogP contribution in [0, 0.1) is 17.8 Å². The SMILES string of the molecule is O=C(NC12CC3CC(CC(C3)C1)C2)c1ccc(=O)n(-c2ccccc2)n1. The average molecular weight is 349 g/mol. The Morgan fingerprint density at radius 3 is 2.19 bits per heavy atom. The van der Waals surface area contributed by atoms with Crippen LogP contribution in [0.1, 0.15) is 49.0 Å². The van der Waals surface area contributed by atoms with Crippen LogP contribution in [0.3, 0.4) is 0 Å². The molecule has 0 saturated heterocycles. The average Bonchev–Trinajstić information content (AvgIpc) is 2.61. The lowest BCUT2D eigenvalue weighted by atomic mass is 9.53. The number of nitrogens with zero attached hydrogens (tertiary/aromatic N) is 2. The lowest BCUT2D eigenvalue weighted by Gasteiger charge is -2.56. The monoisotopic (exact) mass is 349 g/mol. The summed E-state index contributed by atoms with van der Waals surface area (Å²) in [4.78, 5) is 25.1. The van der Waals surface area contributed by atoms with Gasteiger partial charge >= 0.3 is 0 Å². The van der Waals surface area contributed by atoms with Crippen LogP contribution < -0.4 is 10.9 Å². The van der Waals surface area contributed by atoms with Gasteiger partial charge in [0.2, 0.25) is 0 Å². The van der Waals surface area contributed by atoms with Crippen molar-refractivity contribution in [3.05, 3.63) is 58.5 Å². The predicted octanol–water partition coefficient (Wildman–Crippen LogP) is 2.93. The molecule has 1 heterocycles. The first-order valence-electron chi connectivity index (χ1n) is 9.59. The molecule has 4 fully saturated rings. The molecular formula is C21H23N3O2. The van der Waals surface area contributed by atoms with Gasteiger partial charge in [0, 0.05) is 11.6 Å². The first kappa shape index (κ1) is 15.8. The van der Waals surface area contributed by atoms with E-state index in [2.05, 4.69) is 10.4 Å². The van der Waals surface area contributed by atoms with Gasteiger partial charge in [0.05, 0.1) is 5.69 Å². The Kier molecular flexibility index (Phi) is 3.52. The number of amides is 1. The Balaban J connectivity index is 1.42. The second-order valence-electron chi connectivity index (χ2n) is 8.46. The molecule has 4 aliphatic carbocycles. The van der Waals surface area contributed by atoms with Crippen molar-refractivity contribution in [3.8, 4) is 5.69 Å². The summed E-state index contributed by atoms with van der Waals surface area (Å²) in [7, 11) is 0. The number of rotatable bonds is 3. The van der Waals surface area contributed by atoms with Crippen molar-refractivity contribution in [2.45, 2.75) is 44.1 Å². The second kappa shape index (κ2) is 5.79. The molecule has 4 aliphatic rings. The summed E-state index contributed by atoms with van der Waals surface area (Å²) in [6.07, 6.45) is 7.32. The van der Waals surface area contributed by atoms with E-state index in [9.17, 15) is 9.59 Å². The fourth-order valence-electron chi connectivity index (χ4n) is 5.86. The lowest BCUT2D eigenvalue weighted by Crippen LogP contribution is -2.60. The number of hydrogen-bond donors (Lipinski definition) is 1. The van der Waals surface area contributed by atoms with Gasteiger partial charge in [0.25, 0.3) is 11.5 Å². The third-order valence-electron chi connectivity index (χ3n) is 6.45. The first-order chi connectivity index (χ1) is 12.6. The molecule has 0 aliphatic heterocycles. The maximum Gasteiger partial charge on any atom is 0.272 e. The van der Waals surface area contributed by atoms with Crippen LogP contribution in [0.4, 0.5) is 0 Å². The van der Waals surface area contributed by atoms with Gasteiger partial charge in [0.15, 0.2) is 0 Å². The summed E-state index contributed by atoms with van der Waals surface area (Å²) in [6, 6.07) is 12.2. The summed E-state index contributed by atoms with van der Waals surface area (Å²) in [5, 5.41) is 7.65. The topological polar surface area (TPSA) is 64.0 Å². The van der Waals surface area contributed by atoms with Gasteiger partial charge in [-0.2, -0.15) is 9.78 Å². The quantitative estimate of drug-likeness (QED) is 0.927. The normalized spacial score (nSPS) is 31.8. The van der Waals surface area contributed by atoms with Crippen LogP contribution >= 0.6 is 0 Å². The fraction of sp³-hybridized carbons (Fsp3) is 0.476. The highest BCUT2D eigenvalue weighted by Crippen LogP contribution is 2.55. The third-order valence-corrected chi connectivity index (χ3v) is 6.45. The fourth-order valence-corrected chi connectivity index (χ4v) is 5.86. The van der Waals surface area contributed by atoms with E-state index in [0.717, 1.165) is 37.0 Å². The van der Waals surface area contributed by atoms with Crippen molar-refractivity contribution in [3.63, 3.8) is 0 Å². The minimum atomic E-state index is -0.234. The molecular weight excluding hydrogens is 326 g/mol. The van der Waals surface area contributed by atoms with Crippen molar-refractivity contribution in [1.82, 2.24) is 15.1 Å². The summed E-state index contributed by atoms with van der Waals surface area (Å²) < 4.78 is 1.30. The molecule has 4 saturated carbocycles.